The van der Waals surface area contributed by atoms with E-state index in [2.05, 4.69) is 100 Å². The van der Waals surface area contributed by atoms with Crippen LogP contribution in [0.3, 0.4) is 0 Å². The number of aromatic nitrogens is 2. The molecule has 0 aromatic carbocycles. The van der Waals surface area contributed by atoms with Gasteiger partial charge in [-0.15, -0.1) is 34.0 Å². The van der Waals surface area contributed by atoms with E-state index in [4.69, 9.17) is 0 Å². The third-order valence-corrected chi connectivity index (χ3v) is 9.63. The number of hydrogen-bond acceptors (Lipinski definition) is 6. The van der Waals surface area contributed by atoms with Crippen LogP contribution in [0.5, 0.6) is 0 Å². The summed E-state index contributed by atoms with van der Waals surface area (Å²) in [6.07, 6.45) is 16.6. The molecule has 0 aliphatic carbocycles. The van der Waals surface area contributed by atoms with Gasteiger partial charge in [0.1, 0.15) is 0 Å². The Morgan fingerprint density at radius 3 is 1.51 bits per heavy atom. The number of nitrogens with zero attached hydrogens (tertiary/aromatic N) is 1. The van der Waals surface area contributed by atoms with Crippen LogP contribution in [0.1, 0.15) is 40.7 Å². The van der Waals surface area contributed by atoms with E-state index in [9.17, 15) is 10.1 Å². The van der Waals surface area contributed by atoms with Gasteiger partial charge in [-0.3, -0.25) is 10.1 Å². The van der Waals surface area contributed by atoms with Gasteiger partial charge in [0.2, 0.25) is 0 Å². The van der Waals surface area contributed by atoms with Gasteiger partial charge in [-0.25, -0.2) is 0 Å². The zero-order valence-corrected chi connectivity index (χ0v) is 23.6. The molecule has 0 aliphatic rings. The summed E-state index contributed by atoms with van der Waals surface area (Å²) in [6, 6.07) is 20.1. The van der Waals surface area contributed by atoms with E-state index in [0.29, 0.717) is 0 Å². The monoisotopic (exact) mass is 583 g/mol. The number of nitrogens with one attached hydrogen (secondary N) is 2. The second-order valence-corrected chi connectivity index (χ2v) is 12.9. The van der Waals surface area contributed by atoms with Crippen molar-refractivity contribution in [2.45, 2.75) is 0 Å². The second kappa shape index (κ2) is 11.4. The summed E-state index contributed by atoms with van der Waals surface area (Å²) in [5.74, 6) is 0. The molecule has 39 heavy (non-hydrogen) atoms. The van der Waals surface area contributed by atoms with Crippen LogP contribution in [0, 0.1) is 10.1 Å². The van der Waals surface area contributed by atoms with Gasteiger partial charge in [-0.1, -0.05) is 17.4 Å². The SMILES string of the molecule is O=[N+]([O-])c1ccc(/C=C/c2ccc(/C=C/c3cc4[nH]c(/C=C/c5ccc(/C=C/c6cccs6)s5)cc4[nH]3)s2)s1. The predicted octanol–water partition coefficient (Wildman–Crippen LogP) is 10.3. The summed E-state index contributed by atoms with van der Waals surface area (Å²) in [7, 11) is 0. The maximum absolute atomic E-state index is 10.8. The summed E-state index contributed by atoms with van der Waals surface area (Å²) in [6.45, 7) is 0. The van der Waals surface area contributed by atoms with Gasteiger partial charge in [0.05, 0.1) is 16.0 Å². The van der Waals surface area contributed by atoms with Crippen molar-refractivity contribution >= 4 is 110 Å². The van der Waals surface area contributed by atoms with Crippen molar-refractivity contribution < 1.29 is 4.92 Å². The van der Waals surface area contributed by atoms with Gasteiger partial charge in [0.25, 0.3) is 0 Å². The van der Waals surface area contributed by atoms with Crippen LogP contribution in [0.2, 0.25) is 0 Å². The lowest BCUT2D eigenvalue weighted by molar-refractivity contribution is -0.380. The molecule has 6 heterocycles. The second-order valence-electron chi connectivity index (χ2n) is 8.54. The van der Waals surface area contributed by atoms with E-state index in [1.807, 2.05) is 12.2 Å². The molecule has 6 aromatic heterocycles. The maximum Gasteiger partial charge on any atom is 0.324 e. The van der Waals surface area contributed by atoms with Crippen LogP contribution in [-0.2, 0) is 0 Å². The quantitative estimate of drug-likeness (QED) is 0.131. The van der Waals surface area contributed by atoms with Crippen molar-refractivity contribution in [1.29, 1.82) is 0 Å². The zero-order valence-electron chi connectivity index (χ0n) is 20.4. The minimum absolute atomic E-state index is 0.157. The lowest BCUT2D eigenvalue weighted by Gasteiger charge is -1.88. The van der Waals surface area contributed by atoms with Crippen molar-refractivity contribution in [1.82, 2.24) is 9.97 Å². The average molecular weight is 584 g/mol. The molecule has 192 valence electrons. The Kier molecular flexibility index (Phi) is 7.38. The van der Waals surface area contributed by atoms with Gasteiger partial charge in [-0.05, 0) is 103 Å². The van der Waals surface area contributed by atoms with Crippen molar-refractivity contribution in [2.75, 3.05) is 0 Å². The highest BCUT2D eigenvalue weighted by Crippen LogP contribution is 2.28. The number of fused-ring (bicyclic) bond motifs is 1. The van der Waals surface area contributed by atoms with Crippen LogP contribution in [0.25, 0.3) is 59.6 Å². The fraction of sp³-hybridized carbons (Fsp3) is 0. The van der Waals surface area contributed by atoms with E-state index in [-0.39, 0.29) is 9.92 Å². The molecule has 0 aliphatic heterocycles. The van der Waals surface area contributed by atoms with Crippen LogP contribution < -0.4 is 0 Å². The molecule has 0 saturated carbocycles. The third kappa shape index (κ3) is 6.35. The van der Waals surface area contributed by atoms with Gasteiger partial charge in [0.15, 0.2) is 0 Å². The summed E-state index contributed by atoms with van der Waals surface area (Å²) in [4.78, 5) is 24.2. The Hall–Kier alpha value is -4.02. The van der Waals surface area contributed by atoms with E-state index >= 15 is 0 Å². The van der Waals surface area contributed by atoms with Crippen LogP contribution >= 0.6 is 45.3 Å². The van der Waals surface area contributed by atoms with E-state index in [1.165, 1.54) is 32.0 Å². The zero-order chi connectivity index (χ0) is 26.6. The molecule has 0 bridgehead atoms. The molecular weight excluding hydrogens is 563 g/mol. The predicted molar refractivity (Wildman–Crippen MR) is 172 cm³/mol. The Morgan fingerprint density at radius 2 is 1.05 bits per heavy atom. The average Bonchev–Trinajstić information content (AvgIpc) is 3.75. The molecule has 6 rings (SSSR count). The lowest BCUT2D eigenvalue weighted by atomic mass is 10.3. The van der Waals surface area contributed by atoms with Crippen LogP contribution in [-0.4, -0.2) is 14.9 Å². The number of hydrogen-bond donors (Lipinski definition) is 2. The topological polar surface area (TPSA) is 74.7 Å². The van der Waals surface area contributed by atoms with Gasteiger partial charge in [-0.2, -0.15) is 0 Å². The summed E-state index contributed by atoms with van der Waals surface area (Å²) < 4.78 is 0. The van der Waals surface area contributed by atoms with Crippen molar-refractivity contribution in [2.24, 2.45) is 0 Å². The van der Waals surface area contributed by atoms with Crippen molar-refractivity contribution in [3.63, 3.8) is 0 Å². The fourth-order valence-corrected chi connectivity index (χ4v) is 6.89. The molecule has 0 fully saturated rings. The lowest BCUT2D eigenvalue weighted by Crippen LogP contribution is -1.80. The Labute approximate surface area is 240 Å². The van der Waals surface area contributed by atoms with Crippen LogP contribution in [0.4, 0.5) is 5.00 Å². The molecule has 0 atom stereocenters. The molecule has 0 unspecified atom stereocenters. The number of aromatic amines is 2. The molecule has 0 radical (unpaired) electrons. The highest BCUT2D eigenvalue weighted by molar-refractivity contribution is 7.16. The summed E-state index contributed by atoms with van der Waals surface area (Å²) >= 11 is 6.35. The van der Waals surface area contributed by atoms with Crippen molar-refractivity contribution in [3.05, 3.63) is 117 Å². The first kappa shape index (κ1) is 25.3. The minimum atomic E-state index is -0.359. The first-order valence-electron chi connectivity index (χ1n) is 12.0. The minimum Gasteiger partial charge on any atom is -0.354 e. The van der Waals surface area contributed by atoms with Crippen molar-refractivity contribution in [3.8, 4) is 0 Å². The molecular formula is C30H21N3O2S4. The number of H-pyrrole nitrogens is 2. The first-order valence-corrected chi connectivity index (χ1v) is 15.3. The molecule has 2 N–H and O–H groups in total. The molecule has 0 spiro atoms. The molecule has 5 nitrogen and oxygen atoms in total. The Balaban J connectivity index is 1.07. The highest BCUT2D eigenvalue weighted by Gasteiger charge is 2.08. The van der Waals surface area contributed by atoms with Gasteiger partial charge >= 0.3 is 5.00 Å². The maximum atomic E-state index is 10.8. The number of nitro groups is 1. The smallest absolute Gasteiger partial charge is 0.324 e. The standard InChI is InChI=1S/C30H21N3O2S4/c34-33(35)30-16-15-27(39-30)14-13-26-12-10-24(38-26)6-4-21-19-29-28(32-21)18-20(31-29)3-5-23-9-11-25(37-23)8-7-22-2-1-17-36-22/h1-19,31-32H/b5-3+,6-4+,8-7+,14-13+. The van der Waals surface area contributed by atoms with Gasteiger partial charge in [0, 0.05) is 46.7 Å². The Bertz CT molecular complexity index is 1820. The van der Waals surface area contributed by atoms with Gasteiger partial charge < -0.3 is 9.97 Å². The summed E-state index contributed by atoms with van der Waals surface area (Å²) in [5, 5.41) is 13.1. The molecule has 0 saturated heterocycles. The Morgan fingerprint density at radius 1 is 0.590 bits per heavy atom. The van der Waals surface area contributed by atoms with E-state index < -0.39 is 0 Å². The fourth-order valence-electron chi connectivity index (χ4n) is 3.92. The number of thiophene rings is 4. The molecule has 9 heteroatoms. The normalized spacial score (nSPS) is 12.4. The third-order valence-electron chi connectivity index (χ3n) is 5.76. The van der Waals surface area contributed by atoms with Crippen LogP contribution in [0.15, 0.2) is 66.0 Å². The highest BCUT2D eigenvalue weighted by atomic mass is 32.1. The number of rotatable bonds is 9. The molecule has 6 aromatic rings. The molecule has 0 amide bonds. The largest absolute Gasteiger partial charge is 0.354 e. The first-order chi connectivity index (χ1) is 19.1. The van der Waals surface area contributed by atoms with E-state index in [1.54, 1.807) is 40.1 Å². The van der Waals surface area contributed by atoms with E-state index in [0.717, 1.165) is 37.1 Å². The summed E-state index contributed by atoms with van der Waals surface area (Å²) in [5.41, 5.74) is 4.23.